The summed E-state index contributed by atoms with van der Waals surface area (Å²) in [6.45, 7) is 1.74. The summed E-state index contributed by atoms with van der Waals surface area (Å²) in [5, 5.41) is 11.3. The molecule has 166 valence electrons. The number of aromatic nitrogens is 1. The van der Waals surface area contributed by atoms with E-state index in [2.05, 4.69) is 4.98 Å². The first-order chi connectivity index (χ1) is 15.9. The fourth-order valence-corrected chi connectivity index (χ4v) is 4.81. The molecular weight excluding hydrogens is 447 g/mol. The predicted octanol–water partition coefficient (Wildman–Crippen LogP) is 4.97. The molecule has 33 heavy (non-hydrogen) atoms. The number of rotatable bonds is 4. The number of hydrogen-bond donors (Lipinski definition) is 1. The number of aliphatic hydroxyl groups excluding tert-OH is 1. The third-order valence-electron chi connectivity index (χ3n) is 5.38. The Hall–Kier alpha value is -3.98. The molecule has 1 saturated heterocycles. The molecule has 3 heterocycles. The highest BCUT2D eigenvalue weighted by atomic mass is 32.1. The van der Waals surface area contributed by atoms with Crippen LogP contribution in [0.1, 0.15) is 23.1 Å². The average molecular weight is 464 g/mol. The van der Waals surface area contributed by atoms with Crippen LogP contribution in [0.25, 0.3) is 16.0 Å². The number of hydrogen-bond acceptors (Lipinski definition) is 7. The summed E-state index contributed by atoms with van der Waals surface area (Å²) in [6.07, 6.45) is 0. The molecule has 7 nitrogen and oxygen atoms in total. The van der Waals surface area contributed by atoms with E-state index < -0.39 is 23.5 Å². The van der Waals surface area contributed by atoms with E-state index in [1.54, 1.807) is 43.3 Å². The van der Waals surface area contributed by atoms with Crippen LogP contribution in [0.15, 0.2) is 64.6 Å². The molecule has 5 rings (SSSR count). The van der Waals surface area contributed by atoms with Crippen LogP contribution >= 0.6 is 11.3 Å². The quantitative estimate of drug-likeness (QED) is 0.260. The van der Waals surface area contributed by atoms with Crippen LogP contribution in [0.2, 0.25) is 0 Å². The maximum atomic E-state index is 13.7. The van der Waals surface area contributed by atoms with E-state index in [1.807, 2.05) is 0 Å². The maximum Gasteiger partial charge on any atom is 0.302 e. The van der Waals surface area contributed by atoms with Crippen molar-refractivity contribution < 1.29 is 28.2 Å². The second-order valence-corrected chi connectivity index (χ2v) is 8.46. The third kappa shape index (κ3) is 3.46. The zero-order chi connectivity index (χ0) is 23.3. The van der Waals surface area contributed by atoms with Crippen LogP contribution in [-0.4, -0.2) is 28.9 Å². The number of amides is 1. The van der Waals surface area contributed by atoms with Crippen LogP contribution in [0, 0.1) is 12.7 Å². The van der Waals surface area contributed by atoms with Gasteiger partial charge in [0, 0.05) is 5.56 Å². The van der Waals surface area contributed by atoms with Gasteiger partial charge in [0.2, 0.25) is 0 Å². The topological polar surface area (TPSA) is 92.9 Å². The number of halogens is 1. The zero-order valence-electron chi connectivity index (χ0n) is 17.5. The lowest BCUT2D eigenvalue weighted by Crippen LogP contribution is -2.29. The lowest BCUT2D eigenvalue weighted by Gasteiger charge is -2.20. The molecule has 0 radical (unpaired) electrons. The fraction of sp³-hybridized carbons (Fsp3) is 0.125. The molecule has 0 spiro atoms. The maximum absolute atomic E-state index is 13.7. The van der Waals surface area contributed by atoms with Gasteiger partial charge >= 0.3 is 5.91 Å². The number of benzene rings is 2. The number of aryl methyl sites for hydroxylation is 1. The Bertz CT molecular complexity index is 1440. The van der Waals surface area contributed by atoms with Crippen molar-refractivity contribution in [3.63, 3.8) is 0 Å². The van der Waals surface area contributed by atoms with Gasteiger partial charge < -0.3 is 14.3 Å². The number of Topliss-reactive ketones (excluding diaryl/α,β-unsaturated/α-hetero) is 1. The highest BCUT2D eigenvalue weighted by Gasteiger charge is 2.49. The second-order valence-electron chi connectivity index (χ2n) is 7.45. The van der Waals surface area contributed by atoms with E-state index in [0.717, 1.165) is 11.3 Å². The summed E-state index contributed by atoms with van der Waals surface area (Å²) in [5.41, 5.74) is 0.709. The molecule has 2 aromatic heterocycles. The van der Waals surface area contributed by atoms with Crippen LogP contribution in [0.4, 0.5) is 9.52 Å². The Morgan fingerprint density at radius 1 is 1.15 bits per heavy atom. The minimum Gasteiger partial charge on any atom is -0.507 e. The fourth-order valence-electron chi connectivity index (χ4n) is 3.79. The number of aliphatic hydroxyl groups is 1. The van der Waals surface area contributed by atoms with Gasteiger partial charge in [-0.05, 0) is 61.5 Å². The molecular formula is C24H17FN2O5S. The number of carbonyl (C=O) groups is 2. The van der Waals surface area contributed by atoms with Crippen molar-refractivity contribution in [3.05, 3.63) is 83.1 Å². The van der Waals surface area contributed by atoms with Crippen molar-refractivity contribution in [1.82, 2.24) is 4.98 Å². The van der Waals surface area contributed by atoms with Crippen molar-refractivity contribution in [3.8, 4) is 5.75 Å². The molecule has 1 N–H and O–H groups in total. The van der Waals surface area contributed by atoms with Crippen molar-refractivity contribution in [1.29, 1.82) is 0 Å². The van der Waals surface area contributed by atoms with Crippen molar-refractivity contribution in [2.24, 2.45) is 0 Å². The van der Waals surface area contributed by atoms with Gasteiger partial charge in [-0.15, -0.1) is 0 Å². The van der Waals surface area contributed by atoms with Crippen LogP contribution in [0.5, 0.6) is 5.75 Å². The van der Waals surface area contributed by atoms with E-state index in [9.17, 15) is 19.1 Å². The summed E-state index contributed by atoms with van der Waals surface area (Å²) >= 11 is 1.07. The molecule has 1 fully saturated rings. The standard InChI is InChI=1S/C24H17FN2O5S/c1-12-3-10-17(32-12)20-19(21(28)13-4-7-15(31-2)8-5-13)22(29)23(30)27(20)24-26-16-9-6-14(25)11-18(16)33-24/h3-11,20,28H,1-2H3. The van der Waals surface area contributed by atoms with Gasteiger partial charge in [0.1, 0.15) is 34.9 Å². The highest BCUT2D eigenvalue weighted by molar-refractivity contribution is 7.22. The number of fused-ring (bicyclic) bond motifs is 1. The molecule has 9 heteroatoms. The smallest absolute Gasteiger partial charge is 0.302 e. The highest BCUT2D eigenvalue weighted by Crippen LogP contribution is 2.44. The summed E-state index contributed by atoms with van der Waals surface area (Å²) in [7, 11) is 1.52. The van der Waals surface area contributed by atoms with Crippen LogP contribution in [-0.2, 0) is 9.59 Å². The molecule has 2 aromatic carbocycles. The number of furan rings is 1. The lowest BCUT2D eigenvalue weighted by atomic mass is 9.99. The SMILES string of the molecule is COc1ccc(C(O)=C2C(=O)C(=O)N(c3nc4ccc(F)cc4s3)C2c2ccc(C)o2)cc1. The summed E-state index contributed by atoms with van der Waals surface area (Å²) in [6, 6.07) is 12.9. The zero-order valence-corrected chi connectivity index (χ0v) is 18.4. The molecule has 0 saturated carbocycles. The van der Waals surface area contributed by atoms with Gasteiger partial charge in [-0.3, -0.25) is 14.5 Å². The molecule has 0 bridgehead atoms. The number of carbonyl (C=O) groups excluding carboxylic acids is 2. The van der Waals surface area contributed by atoms with E-state index in [4.69, 9.17) is 9.15 Å². The molecule has 4 aromatic rings. The van der Waals surface area contributed by atoms with Crippen LogP contribution in [0.3, 0.4) is 0 Å². The Morgan fingerprint density at radius 2 is 1.91 bits per heavy atom. The largest absolute Gasteiger partial charge is 0.507 e. The monoisotopic (exact) mass is 464 g/mol. The van der Waals surface area contributed by atoms with Crippen LogP contribution < -0.4 is 9.64 Å². The number of ketones is 1. The average Bonchev–Trinajstić information content (AvgIpc) is 3.49. The van der Waals surface area contributed by atoms with Gasteiger partial charge in [0.25, 0.3) is 5.78 Å². The van der Waals surface area contributed by atoms with E-state index in [0.29, 0.717) is 33.1 Å². The predicted molar refractivity (Wildman–Crippen MR) is 121 cm³/mol. The van der Waals surface area contributed by atoms with E-state index in [-0.39, 0.29) is 16.5 Å². The normalized spacial score (nSPS) is 17.8. The lowest BCUT2D eigenvalue weighted by molar-refractivity contribution is -0.132. The minimum atomic E-state index is -1.04. The Kier molecular flexibility index (Phi) is 4.98. The molecule has 1 aliphatic rings. The van der Waals surface area contributed by atoms with E-state index in [1.165, 1.54) is 30.2 Å². The molecule has 1 amide bonds. The molecule has 1 atom stereocenters. The summed E-state index contributed by atoms with van der Waals surface area (Å²) in [4.78, 5) is 31.9. The second kappa shape index (κ2) is 7.86. The number of nitrogens with zero attached hydrogens (tertiary/aromatic N) is 2. The Morgan fingerprint density at radius 3 is 2.58 bits per heavy atom. The molecule has 1 aliphatic heterocycles. The van der Waals surface area contributed by atoms with Gasteiger partial charge in [-0.2, -0.15) is 0 Å². The number of methoxy groups -OCH3 is 1. The van der Waals surface area contributed by atoms with Gasteiger partial charge in [-0.1, -0.05) is 11.3 Å². The summed E-state index contributed by atoms with van der Waals surface area (Å²) in [5.74, 6) is -1.05. The Labute approximate surface area is 191 Å². The first-order valence-electron chi connectivity index (χ1n) is 9.95. The first kappa shape index (κ1) is 20.9. The number of ether oxygens (including phenoxy) is 1. The Balaban J connectivity index is 1.70. The first-order valence-corrected chi connectivity index (χ1v) is 10.8. The molecule has 1 unspecified atom stereocenters. The van der Waals surface area contributed by atoms with Crippen molar-refractivity contribution >= 4 is 44.1 Å². The van der Waals surface area contributed by atoms with E-state index >= 15 is 0 Å². The van der Waals surface area contributed by atoms with Crippen molar-refractivity contribution in [2.75, 3.05) is 12.0 Å². The summed E-state index contributed by atoms with van der Waals surface area (Å²) < 4.78 is 25.1. The molecule has 0 aliphatic carbocycles. The third-order valence-corrected chi connectivity index (χ3v) is 6.40. The van der Waals surface area contributed by atoms with Gasteiger partial charge in [0.15, 0.2) is 5.13 Å². The van der Waals surface area contributed by atoms with Gasteiger partial charge in [0.05, 0.1) is 22.9 Å². The number of thiazole rings is 1. The number of anilines is 1. The van der Waals surface area contributed by atoms with Crippen molar-refractivity contribution in [2.45, 2.75) is 13.0 Å². The minimum absolute atomic E-state index is 0.120. The van der Waals surface area contributed by atoms with Gasteiger partial charge in [-0.25, -0.2) is 9.37 Å².